The van der Waals surface area contributed by atoms with Gasteiger partial charge in [-0.3, -0.25) is 0 Å². The smallest absolute Gasteiger partial charge is 0.243 e. The number of aliphatic hydroxyl groups excluding tert-OH is 1. The van der Waals surface area contributed by atoms with E-state index < -0.39 is 46.0 Å². The summed E-state index contributed by atoms with van der Waals surface area (Å²) in [6.45, 7) is 4.83. The van der Waals surface area contributed by atoms with Gasteiger partial charge in [-0.2, -0.15) is 4.31 Å². The minimum Gasteiger partial charge on any atom is -0.530 e. The van der Waals surface area contributed by atoms with Gasteiger partial charge in [-0.15, -0.1) is 0 Å². The Hall–Kier alpha value is -2.74. The highest BCUT2D eigenvalue weighted by Gasteiger charge is 2.47. The molecule has 43 heavy (non-hydrogen) atoms. The van der Waals surface area contributed by atoms with E-state index in [1.165, 1.54) is 28.6 Å². The molecule has 0 aromatic heterocycles. The van der Waals surface area contributed by atoms with E-state index in [2.05, 4.69) is 0 Å². The second-order valence-electron chi connectivity index (χ2n) is 12.4. The van der Waals surface area contributed by atoms with Crippen molar-refractivity contribution >= 4 is 21.8 Å². The van der Waals surface area contributed by atoms with Gasteiger partial charge in [-0.25, -0.2) is 8.42 Å². The molecule has 238 valence electrons. The number of unbranched alkanes of at least 4 members (excludes halogenated alkanes) is 1. The Morgan fingerprint density at radius 3 is 2.47 bits per heavy atom. The molecule has 0 unspecified atom stereocenters. The Kier molecular flexibility index (Phi) is 11.1. The number of hydrogen-bond acceptors (Lipinski definition) is 9. The fourth-order valence-electron chi connectivity index (χ4n) is 6.19. The van der Waals surface area contributed by atoms with Crippen LogP contribution in [0.5, 0.6) is 0 Å². The fraction of sp³-hybridized carbons (Fsp3) is 0.581. The van der Waals surface area contributed by atoms with Crippen molar-refractivity contribution in [2.75, 3.05) is 38.6 Å². The number of anilines is 1. The first-order valence-corrected chi connectivity index (χ1v) is 16.4. The number of sulfonamides is 1. The number of aliphatic hydroxyl groups is 1. The van der Waals surface area contributed by atoms with Crippen molar-refractivity contribution in [2.24, 2.45) is 17.1 Å². The molecule has 2 aliphatic rings. The molecule has 2 aromatic rings. The van der Waals surface area contributed by atoms with E-state index in [1.807, 2.05) is 44.2 Å². The average molecular weight is 618 g/mol. The first-order valence-electron chi connectivity index (χ1n) is 14.9. The molecule has 2 fully saturated rings. The molecule has 1 amide bonds. The normalized spacial score (nSPS) is 21.9. The first-order chi connectivity index (χ1) is 20.4. The Morgan fingerprint density at radius 1 is 1.12 bits per heavy atom. The molecule has 11 nitrogen and oxygen atoms in total. The molecule has 2 saturated heterocycles. The molecule has 12 heteroatoms. The molecule has 5 atom stereocenters. The largest absolute Gasteiger partial charge is 0.530 e. The van der Waals surface area contributed by atoms with E-state index >= 15 is 0 Å². The maximum atomic E-state index is 14.1. The van der Waals surface area contributed by atoms with E-state index in [4.69, 9.17) is 20.9 Å². The van der Waals surface area contributed by atoms with E-state index in [1.54, 1.807) is 0 Å². The number of hydrogen-bond donors (Lipinski definition) is 3. The molecule has 4 rings (SSSR count). The van der Waals surface area contributed by atoms with Gasteiger partial charge in [-0.1, -0.05) is 50.6 Å². The predicted octanol–water partition coefficient (Wildman–Crippen LogP) is 1.79. The Bertz CT molecular complexity index is 1290. The Morgan fingerprint density at radius 2 is 1.81 bits per heavy atom. The number of benzene rings is 2. The number of carbonyl (C=O) groups excluding carboxylic acids is 1. The number of nitrogen functional groups attached to an aromatic ring is 1. The molecular formula is C31H45N4O7S-. The summed E-state index contributed by atoms with van der Waals surface area (Å²) in [5.41, 5.74) is 12.3. The second kappa shape index (κ2) is 14.4. The van der Waals surface area contributed by atoms with Crippen LogP contribution in [-0.2, 0) is 25.9 Å². The second-order valence-corrected chi connectivity index (χ2v) is 14.3. The average Bonchev–Trinajstić information content (AvgIpc) is 3.58. The lowest BCUT2D eigenvalue weighted by Crippen LogP contribution is -2.61. The van der Waals surface area contributed by atoms with Crippen LogP contribution in [0.25, 0.3) is 0 Å². The summed E-state index contributed by atoms with van der Waals surface area (Å²) in [5, 5.41) is 24.7. The van der Waals surface area contributed by atoms with Crippen LogP contribution >= 0.6 is 0 Å². The zero-order valence-electron chi connectivity index (χ0n) is 25.0. The summed E-state index contributed by atoms with van der Waals surface area (Å²) in [6.07, 6.45) is -0.232. The number of rotatable bonds is 15. The molecular weight excluding hydrogens is 572 g/mol. The van der Waals surface area contributed by atoms with Gasteiger partial charge in [0.25, 0.3) is 0 Å². The van der Waals surface area contributed by atoms with Gasteiger partial charge < -0.3 is 40.8 Å². The summed E-state index contributed by atoms with van der Waals surface area (Å²) in [6, 6.07) is 13.5. The number of ether oxygens (including phenoxy) is 2. The monoisotopic (exact) mass is 617 g/mol. The van der Waals surface area contributed by atoms with Crippen molar-refractivity contribution in [3.05, 3.63) is 60.2 Å². The fourth-order valence-corrected chi connectivity index (χ4v) is 7.84. The van der Waals surface area contributed by atoms with Crippen molar-refractivity contribution in [2.45, 2.75) is 75.3 Å². The third-order valence-corrected chi connectivity index (χ3v) is 10.3. The van der Waals surface area contributed by atoms with Crippen LogP contribution in [0.3, 0.4) is 0 Å². The third kappa shape index (κ3) is 8.25. The SMILES string of the molecule is CC(C)(CCCCN)CN(C[C@@H](O)[C@H](Cc1ccccc1)N(C(=O)[O-])[C@H]1CO[C@H]2OCC[C@H]21)S(=O)(=O)c1ccc(N)cc1. The minimum absolute atomic E-state index is 0.0400. The van der Waals surface area contributed by atoms with Gasteiger partial charge in [0.1, 0.15) is 6.09 Å². The van der Waals surface area contributed by atoms with Gasteiger partial charge in [0.2, 0.25) is 10.0 Å². The standard InChI is InChI=1S/C31H46N4O7S/c1-31(2,15-6-7-16-32)21-34(43(39,40)24-12-10-23(33)11-13-24)19-28(36)26(18-22-8-4-3-5-9-22)35(30(37)38)27-20-42-29-25(27)14-17-41-29/h3-5,8-13,25-29,36H,6-7,14-21,32-33H2,1-2H3,(H,37,38)/p-1/t25-,26-,27-,28+,29+/m0/s1. The van der Waals surface area contributed by atoms with Crippen LogP contribution in [0.15, 0.2) is 59.5 Å². The molecule has 0 aliphatic carbocycles. The van der Waals surface area contributed by atoms with Crippen LogP contribution in [0.2, 0.25) is 0 Å². The summed E-state index contributed by atoms with van der Waals surface area (Å²) >= 11 is 0. The van der Waals surface area contributed by atoms with Crippen molar-refractivity contribution in [3.8, 4) is 0 Å². The highest BCUT2D eigenvalue weighted by molar-refractivity contribution is 7.89. The first kappa shape index (κ1) is 33.2. The quantitative estimate of drug-likeness (QED) is 0.199. The highest BCUT2D eigenvalue weighted by atomic mass is 32.2. The zero-order chi connectivity index (χ0) is 31.2. The molecule has 2 aliphatic heterocycles. The van der Waals surface area contributed by atoms with Crippen LogP contribution in [0.4, 0.5) is 10.5 Å². The maximum absolute atomic E-state index is 14.1. The van der Waals surface area contributed by atoms with E-state index in [0.717, 1.165) is 29.7 Å². The highest BCUT2D eigenvalue weighted by Crippen LogP contribution is 2.36. The van der Waals surface area contributed by atoms with Gasteiger partial charge in [0.05, 0.1) is 36.3 Å². The van der Waals surface area contributed by atoms with Gasteiger partial charge in [0.15, 0.2) is 6.29 Å². The number of carbonyl (C=O) groups is 1. The molecule has 0 saturated carbocycles. The van der Waals surface area contributed by atoms with Crippen LogP contribution < -0.4 is 16.6 Å². The van der Waals surface area contributed by atoms with E-state index in [9.17, 15) is 23.4 Å². The molecule has 0 spiro atoms. The van der Waals surface area contributed by atoms with Crippen molar-refractivity contribution < 1.29 is 32.9 Å². The summed E-state index contributed by atoms with van der Waals surface area (Å²) < 4.78 is 40.8. The number of amides is 1. The van der Waals surface area contributed by atoms with E-state index in [-0.39, 0.29) is 36.9 Å². The van der Waals surface area contributed by atoms with Gasteiger partial charge >= 0.3 is 0 Å². The van der Waals surface area contributed by atoms with Crippen LogP contribution in [-0.4, -0.2) is 86.1 Å². The molecule has 0 radical (unpaired) electrons. The van der Waals surface area contributed by atoms with Gasteiger partial charge in [-0.05, 0) is 67.5 Å². The topological polar surface area (TPSA) is 171 Å². The van der Waals surface area contributed by atoms with Crippen molar-refractivity contribution in [3.63, 3.8) is 0 Å². The van der Waals surface area contributed by atoms with Crippen molar-refractivity contribution in [1.82, 2.24) is 9.21 Å². The van der Waals surface area contributed by atoms with Crippen LogP contribution in [0.1, 0.15) is 45.1 Å². The zero-order valence-corrected chi connectivity index (χ0v) is 25.8. The van der Waals surface area contributed by atoms with Crippen molar-refractivity contribution in [1.29, 1.82) is 0 Å². The number of nitrogens with two attached hydrogens (primary N) is 2. The number of nitrogens with zero attached hydrogens (tertiary/aromatic N) is 2. The van der Waals surface area contributed by atoms with Gasteiger partial charge in [0, 0.05) is 24.7 Å². The molecule has 5 N–H and O–H groups in total. The summed E-state index contributed by atoms with van der Waals surface area (Å²) in [7, 11) is -4.10. The summed E-state index contributed by atoms with van der Waals surface area (Å²) in [5.74, 6) is -0.209. The predicted molar refractivity (Wildman–Crippen MR) is 161 cm³/mol. The number of carboxylic acid groups (broad SMARTS) is 1. The minimum atomic E-state index is -4.10. The lowest BCUT2D eigenvalue weighted by molar-refractivity contribution is -0.273. The lowest BCUT2D eigenvalue weighted by Gasteiger charge is -2.43. The summed E-state index contributed by atoms with van der Waals surface area (Å²) in [4.78, 5) is 14.0. The lowest BCUT2D eigenvalue weighted by atomic mass is 9.87. The molecule has 2 heterocycles. The molecule has 0 bridgehead atoms. The maximum Gasteiger partial charge on any atom is 0.243 e. The Labute approximate surface area is 254 Å². The van der Waals surface area contributed by atoms with Crippen LogP contribution in [0, 0.1) is 11.3 Å². The Balaban J connectivity index is 1.69. The molecule has 2 aromatic carbocycles. The number of fused-ring (bicyclic) bond motifs is 1. The van der Waals surface area contributed by atoms with E-state index in [0.29, 0.717) is 25.3 Å². The third-order valence-electron chi connectivity index (χ3n) is 8.49.